The lowest BCUT2D eigenvalue weighted by molar-refractivity contribution is -0.162. The van der Waals surface area contributed by atoms with Gasteiger partial charge in [-0.1, -0.05) is 154 Å². The average Bonchev–Trinajstić information content (AvgIpc) is 3.25. The summed E-state index contributed by atoms with van der Waals surface area (Å²) in [4.78, 5) is 50.3. The molecule has 0 saturated heterocycles. The van der Waals surface area contributed by atoms with Gasteiger partial charge in [0.2, 0.25) is 11.8 Å². The van der Waals surface area contributed by atoms with Crippen LogP contribution in [0.3, 0.4) is 0 Å². The van der Waals surface area contributed by atoms with Crippen molar-refractivity contribution < 1.29 is 42.3 Å². The molecule has 0 aromatic heterocycles. The van der Waals surface area contributed by atoms with Crippen molar-refractivity contribution >= 4 is 31.3 Å². The zero-order valence-electron chi connectivity index (χ0n) is 40.3. The Balaban J connectivity index is 5.10. The van der Waals surface area contributed by atoms with Crippen molar-refractivity contribution in [1.82, 2.24) is 10.6 Å². The molecule has 0 aromatic carbocycles. The smallest absolute Gasteiger partial charge is 0.327 e. The SMILES string of the molecule is CCCCCCCC/C=C\CCCCCCCC(=O)O[C@H](COC(=O)C(/C=C/CCCCCCCC)CCCCCC)COP(C)(=O)OCCNC(=O)CCCCC(=O)NCC. The van der Waals surface area contributed by atoms with Gasteiger partial charge in [0.25, 0.3) is 0 Å². The fraction of sp³-hybridized carbons (Fsp3) is 0.840. The van der Waals surface area contributed by atoms with Gasteiger partial charge < -0.3 is 29.2 Å². The highest BCUT2D eigenvalue weighted by Gasteiger charge is 2.25. The molecule has 0 radical (unpaired) electrons. The second-order valence-electron chi connectivity index (χ2n) is 16.9. The van der Waals surface area contributed by atoms with Gasteiger partial charge in [0.1, 0.15) is 6.61 Å². The molecule has 0 fully saturated rings. The van der Waals surface area contributed by atoms with Crippen LogP contribution in [-0.2, 0) is 42.3 Å². The quantitative estimate of drug-likeness (QED) is 0.0264. The number of hydrogen-bond acceptors (Lipinski definition) is 9. The molecule has 0 aromatic rings. The maximum Gasteiger partial charge on any atom is 0.327 e. The Kier molecular flexibility index (Phi) is 42.0. The van der Waals surface area contributed by atoms with Gasteiger partial charge in [0.15, 0.2) is 6.10 Å². The van der Waals surface area contributed by atoms with E-state index in [0.29, 0.717) is 38.6 Å². The molecule has 0 spiro atoms. The monoisotopic (exact) mass is 897 g/mol. The lowest BCUT2D eigenvalue weighted by atomic mass is 9.99. The number of esters is 2. The van der Waals surface area contributed by atoms with Crippen LogP contribution in [0.2, 0.25) is 0 Å². The van der Waals surface area contributed by atoms with Crippen LogP contribution >= 0.6 is 7.60 Å². The summed E-state index contributed by atoms with van der Waals surface area (Å²) in [5.41, 5.74) is 0. The number of hydrogen-bond donors (Lipinski definition) is 2. The lowest BCUT2D eigenvalue weighted by Gasteiger charge is -2.22. The van der Waals surface area contributed by atoms with Crippen molar-refractivity contribution in [2.75, 3.05) is 39.6 Å². The fourth-order valence-electron chi connectivity index (χ4n) is 6.97. The highest BCUT2D eigenvalue weighted by Crippen LogP contribution is 2.43. The standard InChI is InChI=1S/C50H93N2O9P/c1-6-10-13-16-18-20-21-22-23-24-25-26-28-30-33-40-49(55)61-46(44-60-62(5,57)59-42-41-52-48(54)39-35-34-38-47(53)51-9-4)43-58-50(56)45(36-31-15-12-8-3)37-32-29-27-19-17-14-11-7-2/h22-23,32,37,45-46H,6-21,24-31,33-36,38-44H2,1-5H3,(H,51,53)(H,52,54)/b23-22-,37-32+/t45?,46-,62?/m1/s1. The molecule has 0 bridgehead atoms. The van der Waals surface area contributed by atoms with Gasteiger partial charge in [-0.25, -0.2) is 0 Å². The van der Waals surface area contributed by atoms with Crippen LogP contribution in [0.1, 0.15) is 220 Å². The van der Waals surface area contributed by atoms with E-state index in [2.05, 4.69) is 49.6 Å². The van der Waals surface area contributed by atoms with Crippen LogP contribution in [0.25, 0.3) is 0 Å². The molecule has 0 saturated carbocycles. The molecule has 0 aliphatic carbocycles. The van der Waals surface area contributed by atoms with Crippen molar-refractivity contribution in [1.29, 1.82) is 0 Å². The second-order valence-corrected chi connectivity index (χ2v) is 19.0. The number of carbonyl (C=O) groups is 4. The van der Waals surface area contributed by atoms with E-state index in [1.165, 1.54) is 83.7 Å². The van der Waals surface area contributed by atoms with Crippen LogP contribution in [0.4, 0.5) is 0 Å². The Morgan fingerprint density at radius 2 is 1.03 bits per heavy atom. The maximum absolute atomic E-state index is 13.4. The van der Waals surface area contributed by atoms with Gasteiger partial charge in [-0.2, -0.15) is 0 Å². The zero-order valence-corrected chi connectivity index (χ0v) is 41.2. The van der Waals surface area contributed by atoms with Gasteiger partial charge in [-0.3, -0.25) is 23.7 Å². The summed E-state index contributed by atoms with van der Waals surface area (Å²) in [6, 6.07) is 0. The molecule has 362 valence electrons. The van der Waals surface area contributed by atoms with Crippen molar-refractivity contribution in [3.8, 4) is 0 Å². The van der Waals surface area contributed by atoms with E-state index in [1.54, 1.807) is 0 Å². The predicted octanol–water partition coefficient (Wildman–Crippen LogP) is 13.0. The summed E-state index contributed by atoms with van der Waals surface area (Å²) in [6.45, 7) is 10.00. The largest absolute Gasteiger partial charge is 0.461 e. The Morgan fingerprint density at radius 3 is 1.60 bits per heavy atom. The Hall–Kier alpha value is -2.49. The minimum Gasteiger partial charge on any atom is -0.461 e. The van der Waals surface area contributed by atoms with Gasteiger partial charge in [-0.05, 0) is 71.1 Å². The topological polar surface area (TPSA) is 146 Å². The first-order valence-electron chi connectivity index (χ1n) is 25.2. The molecule has 62 heavy (non-hydrogen) atoms. The summed E-state index contributed by atoms with van der Waals surface area (Å²) >= 11 is 0. The van der Waals surface area contributed by atoms with Gasteiger partial charge in [-0.15, -0.1) is 0 Å². The third-order valence-electron chi connectivity index (χ3n) is 10.8. The summed E-state index contributed by atoms with van der Waals surface area (Å²) in [5, 5.41) is 5.47. The highest BCUT2D eigenvalue weighted by atomic mass is 31.2. The first kappa shape index (κ1) is 59.5. The third-order valence-corrected chi connectivity index (χ3v) is 12.1. The van der Waals surface area contributed by atoms with E-state index in [4.69, 9.17) is 18.5 Å². The van der Waals surface area contributed by atoms with Crippen LogP contribution in [0, 0.1) is 5.92 Å². The maximum atomic E-state index is 13.4. The van der Waals surface area contributed by atoms with Crippen molar-refractivity contribution in [3.63, 3.8) is 0 Å². The summed E-state index contributed by atoms with van der Waals surface area (Å²) in [7, 11) is -3.61. The lowest BCUT2D eigenvalue weighted by Crippen LogP contribution is -2.31. The van der Waals surface area contributed by atoms with E-state index in [-0.39, 0.29) is 57.0 Å². The van der Waals surface area contributed by atoms with E-state index in [1.807, 2.05) is 13.0 Å². The Labute approximate surface area is 379 Å². The van der Waals surface area contributed by atoms with Crippen molar-refractivity contribution in [2.24, 2.45) is 5.92 Å². The summed E-state index contributed by atoms with van der Waals surface area (Å²) in [5.74, 6) is -1.38. The molecule has 0 heterocycles. The highest BCUT2D eigenvalue weighted by molar-refractivity contribution is 7.52. The number of carbonyl (C=O) groups excluding carboxylic acids is 4. The molecule has 3 atom stereocenters. The molecule has 11 nitrogen and oxygen atoms in total. The Morgan fingerprint density at radius 1 is 0.548 bits per heavy atom. The zero-order chi connectivity index (χ0) is 45.8. The number of allylic oxidation sites excluding steroid dienone is 3. The van der Waals surface area contributed by atoms with Crippen molar-refractivity contribution in [3.05, 3.63) is 24.3 Å². The number of rotatable bonds is 45. The molecule has 0 aliphatic rings. The van der Waals surface area contributed by atoms with Gasteiger partial charge in [0.05, 0.1) is 19.1 Å². The number of nitrogens with one attached hydrogen (secondary N) is 2. The molecule has 12 heteroatoms. The van der Waals surface area contributed by atoms with E-state index in [9.17, 15) is 23.7 Å². The third kappa shape index (κ3) is 40.3. The Bertz CT molecular complexity index is 1210. The minimum absolute atomic E-state index is 0.0261. The molecule has 2 amide bonds. The van der Waals surface area contributed by atoms with Gasteiger partial charge in [0, 0.05) is 39.0 Å². The normalized spacial score (nSPS) is 13.6. The first-order chi connectivity index (χ1) is 30.1. The van der Waals surface area contributed by atoms with E-state index >= 15 is 0 Å². The second kappa shape index (κ2) is 43.7. The van der Waals surface area contributed by atoms with Crippen LogP contribution in [-0.4, -0.2) is 69.4 Å². The fourth-order valence-corrected chi connectivity index (χ4v) is 7.91. The first-order valence-corrected chi connectivity index (χ1v) is 27.1. The van der Waals surface area contributed by atoms with Crippen molar-refractivity contribution in [2.45, 2.75) is 226 Å². The van der Waals surface area contributed by atoms with Crippen LogP contribution < -0.4 is 10.6 Å². The summed E-state index contributed by atoms with van der Waals surface area (Å²) < 4.78 is 35.9. The number of ether oxygens (including phenoxy) is 2. The van der Waals surface area contributed by atoms with E-state index < -0.39 is 25.6 Å². The molecule has 2 N–H and O–H groups in total. The molecule has 2 unspecified atom stereocenters. The van der Waals surface area contributed by atoms with Crippen LogP contribution in [0.15, 0.2) is 24.3 Å². The summed E-state index contributed by atoms with van der Waals surface area (Å²) in [6.07, 6.45) is 38.0. The number of unbranched alkanes of at least 4 members (excludes halogenated alkanes) is 21. The molecule has 0 rings (SSSR count). The predicted molar refractivity (Wildman–Crippen MR) is 255 cm³/mol. The van der Waals surface area contributed by atoms with Gasteiger partial charge >= 0.3 is 19.5 Å². The molecule has 0 aliphatic heterocycles. The number of amides is 2. The van der Waals surface area contributed by atoms with Crippen LogP contribution in [0.5, 0.6) is 0 Å². The molecular formula is C50H93N2O9P. The van der Waals surface area contributed by atoms with E-state index in [0.717, 1.165) is 70.6 Å². The average molecular weight is 897 g/mol. The minimum atomic E-state index is -3.61. The molecular weight excluding hydrogens is 804 g/mol.